The number of ether oxygens (including phenoxy) is 2. The number of hydrogen-bond donors (Lipinski definition) is 2. The van der Waals surface area contributed by atoms with Crippen molar-refractivity contribution in [2.24, 2.45) is 0 Å². The first kappa shape index (κ1) is 21.8. The van der Waals surface area contributed by atoms with Gasteiger partial charge in [-0.2, -0.15) is 0 Å². The van der Waals surface area contributed by atoms with Crippen LogP contribution in [-0.2, 0) is 0 Å². The van der Waals surface area contributed by atoms with Gasteiger partial charge in [0.25, 0.3) is 0 Å². The quantitative estimate of drug-likeness (QED) is 0.271. The van der Waals surface area contributed by atoms with Gasteiger partial charge < -0.3 is 19.7 Å². The monoisotopic (exact) mass is 430 g/mol. The molecule has 0 saturated carbocycles. The summed E-state index contributed by atoms with van der Waals surface area (Å²) in [5.74, 6) is 1.73. The van der Waals surface area contributed by atoms with Gasteiger partial charge in [-0.3, -0.25) is 0 Å². The fourth-order valence-electron chi connectivity index (χ4n) is 3.95. The lowest BCUT2D eigenvalue weighted by atomic mass is 9.92. The van der Waals surface area contributed by atoms with Crippen molar-refractivity contribution < 1.29 is 19.7 Å². The number of benzene rings is 4. The van der Waals surface area contributed by atoms with E-state index in [4.69, 9.17) is 9.47 Å². The molecular weight excluding hydrogens is 400 g/mol. The highest BCUT2D eigenvalue weighted by Crippen LogP contribution is 2.45. The van der Waals surface area contributed by atoms with Crippen molar-refractivity contribution >= 4 is 21.5 Å². The molecule has 0 radical (unpaired) electrons. The maximum absolute atomic E-state index is 10.9. The molecule has 0 bridgehead atoms. The Morgan fingerprint density at radius 2 is 1.00 bits per heavy atom. The zero-order valence-corrected chi connectivity index (χ0v) is 18.7. The van der Waals surface area contributed by atoms with Gasteiger partial charge in [-0.05, 0) is 70.8 Å². The van der Waals surface area contributed by atoms with Gasteiger partial charge in [0.1, 0.15) is 23.0 Å². The molecule has 4 heteroatoms. The Balaban J connectivity index is 1.89. The Kier molecular flexibility index (Phi) is 6.69. The van der Waals surface area contributed by atoms with Crippen LogP contribution in [0.2, 0.25) is 0 Å². The van der Waals surface area contributed by atoms with Gasteiger partial charge in [0.05, 0.1) is 13.2 Å². The van der Waals surface area contributed by atoms with Crippen molar-refractivity contribution in [2.75, 3.05) is 13.2 Å². The number of phenolic OH excluding ortho intramolecular Hbond substituents is 2. The molecule has 0 fully saturated rings. The first-order valence-electron chi connectivity index (χ1n) is 11.4. The van der Waals surface area contributed by atoms with Crippen LogP contribution in [0.1, 0.15) is 39.5 Å². The van der Waals surface area contributed by atoms with E-state index in [1.54, 1.807) is 12.1 Å². The maximum atomic E-state index is 10.9. The van der Waals surface area contributed by atoms with Crippen molar-refractivity contribution in [1.82, 2.24) is 0 Å². The summed E-state index contributed by atoms with van der Waals surface area (Å²) in [5, 5.41) is 25.4. The third-order valence-electron chi connectivity index (χ3n) is 5.73. The Hall–Kier alpha value is -3.40. The van der Waals surface area contributed by atoms with E-state index in [-0.39, 0.29) is 11.5 Å². The predicted molar refractivity (Wildman–Crippen MR) is 131 cm³/mol. The standard InChI is InChI=1S/C28H30O4/c1-3-5-15-31-21-11-7-19-9-13-25(29)27(23(19)17-21)28-24-18-22(32-16-6-4-2)12-8-20(24)10-14-26(28)30/h7-14,17-18,29-30H,3-6,15-16H2,1-2H3. The molecule has 4 nitrogen and oxygen atoms in total. The van der Waals surface area contributed by atoms with E-state index in [1.807, 2.05) is 48.5 Å². The molecule has 4 rings (SSSR count). The Morgan fingerprint density at radius 1 is 0.594 bits per heavy atom. The van der Waals surface area contributed by atoms with Crippen LogP contribution in [0.25, 0.3) is 32.7 Å². The average Bonchev–Trinajstić information content (AvgIpc) is 2.80. The highest BCUT2D eigenvalue weighted by molar-refractivity contribution is 6.10. The van der Waals surface area contributed by atoms with Crippen LogP contribution in [0.5, 0.6) is 23.0 Å². The summed E-state index contributed by atoms with van der Waals surface area (Å²) in [6.07, 6.45) is 4.09. The topological polar surface area (TPSA) is 58.9 Å². The van der Waals surface area contributed by atoms with Crippen LogP contribution < -0.4 is 9.47 Å². The zero-order valence-electron chi connectivity index (χ0n) is 18.7. The van der Waals surface area contributed by atoms with Crippen molar-refractivity contribution in [3.63, 3.8) is 0 Å². The summed E-state index contributed by atoms with van der Waals surface area (Å²) in [6, 6.07) is 18.9. The van der Waals surface area contributed by atoms with Crippen LogP contribution in [-0.4, -0.2) is 23.4 Å². The molecule has 2 N–H and O–H groups in total. The molecule has 4 aromatic rings. The van der Waals surface area contributed by atoms with Gasteiger partial charge in [0, 0.05) is 11.1 Å². The van der Waals surface area contributed by atoms with Gasteiger partial charge >= 0.3 is 0 Å². The summed E-state index contributed by atoms with van der Waals surface area (Å²) in [4.78, 5) is 0. The lowest BCUT2D eigenvalue weighted by Gasteiger charge is -2.16. The lowest BCUT2D eigenvalue weighted by Crippen LogP contribution is -1.97. The normalized spacial score (nSPS) is 11.2. The van der Waals surface area contributed by atoms with Gasteiger partial charge in [0.15, 0.2) is 0 Å². The summed E-state index contributed by atoms with van der Waals surface area (Å²) in [6.45, 7) is 5.55. The molecule has 0 aliphatic heterocycles. The minimum atomic E-state index is 0.114. The predicted octanol–water partition coefficient (Wildman–Crippen LogP) is 7.43. The molecule has 0 aromatic heterocycles. The summed E-state index contributed by atoms with van der Waals surface area (Å²) in [5.41, 5.74) is 1.19. The van der Waals surface area contributed by atoms with E-state index in [2.05, 4.69) is 13.8 Å². The first-order chi connectivity index (χ1) is 15.6. The van der Waals surface area contributed by atoms with Gasteiger partial charge in [-0.25, -0.2) is 0 Å². The molecule has 0 saturated heterocycles. The number of fused-ring (bicyclic) bond motifs is 2. The third kappa shape index (κ3) is 4.45. The van der Waals surface area contributed by atoms with Gasteiger partial charge in [-0.1, -0.05) is 51.0 Å². The Labute approximate surface area is 189 Å². The molecule has 0 heterocycles. The molecule has 0 spiro atoms. The smallest absolute Gasteiger partial charge is 0.124 e. The van der Waals surface area contributed by atoms with E-state index >= 15 is 0 Å². The molecule has 4 aromatic carbocycles. The van der Waals surface area contributed by atoms with Crippen LogP contribution in [0, 0.1) is 0 Å². The van der Waals surface area contributed by atoms with E-state index in [0.717, 1.165) is 58.7 Å². The average molecular weight is 431 g/mol. The molecule has 0 aliphatic carbocycles. The SMILES string of the molecule is CCCCOc1ccc2ccc(O)c(-c3c(O)ccc4ccc(OCCCC)cc34)c2c1. The van der Waals surface area contributed by atoms with E-state index in [9.17, 15) is 10.2 Å². The maximum Gasteiger partial charge on any atom is 0.124 e. The highest BCUT2D eigenvalue weighted by atomic mass is 16.5. The molecule has 0 atom stereocenters. The number of hydrogen-bond acceptors (Lipinski definition) is 4. The van der Waals surface area contributed by atoms with Gasteiger partial charge in [-0.15, -0.1) is 0 Å². The molecule has 0 unspecified atom stereocenters. The molecule has 166 valence electrons. The Morgan fingerprint density at radius 3 is 1.41 bits per heavy atom. The fourth-order valence-corrected chi connectivity index (χ4v) is 3.95. The van der Waals surface area contributed by atoms with Gasteiger partial charge in [0.2, 0.25) is 0 Å². The fraction of sp³-hybridized carbons (Fsp3) is 0.286. The van der Waals surface area contributed by atoms with Crippen molar-refractivity contribution in [3.05, 3.63) is 60.7 Å². The van der Waals surface area contributed by atoms with E-state index < -0.39 is 0 Å². The molecular formula is C28H30O4. The highest BCUT2D eigenvalue weighted by Gasteiger charge is 2.18. The first-order valence-corrected chi connectivity index (χ1v) is 11.4. The number of unbranched alkanes of at least 4 members (excludes halogenated alkanes) is 2. The van der Waals surface area contributed by atoms with E-state index in [0.29, 0.717) is 24.3 Å². The minimum Gasteiger partial charge on any atom is -0.507 e. The summed E-state index contributed by atoms with van der Waals surface area (Å²) < 4.78 is 11.8. The largest absolute Gasteiger partial charge is 0.507 e. The lowest BCUT2D eigenvalue weighted by molar-refractivity contribution is 0.309. The second-order valence-corrected chi connectivity index (χ2v) is 8.09. The third-order valence-corrected chi connectivity index (χ3v) is 5.73. The van der Waals surface area contributed by atoms with Crippen LogP contribution in [0.4, 0.5) is 0 Å². The molecule has 0 amide bonds. The second kappa shape index (κ2) is 9.82. The molecule has 0 aliphatic rings. The van der Waals surface area contributed by atoms with E-state index in [1.165, 1.54) is 0 Å². The zero-order chi connectivity index (χ0) is 22.5. The number of rotatable bonds is 9. The minimum absolute atomic E-state index is 0.114. The van der Waals surface area contributed by atoms with Crippen LogP contribution in [0.15, 0.2) is 60.7 Å². The number of aromatic hydroxyl groups is 2. The molecule has 32 heavy (non-hydrogen) atoms. The summed E-state index contributed by atoms with van der Waals surface area (Å²) in [7, 11) is 0. The van der Waals surface area contributed by atoms with Crippen LogP contribution >= 0.6 is 0 Å². The van der Waals surface area contributed by atoms with Crippen molar-refractivity contribution in [2.45, 2.75) is 39.5 Å². The van der Waals surface area contributed by atoms with Crippen molar-refractivity contribution in [1.29, 1.82) is 0 Å². The van der Waals surface area contributed by atoms with Crippen molar-refractivity contribution in [3.8, 4) is 34.1 Å². The second-order valence-electron chi connectivity index (χ2n) is 8.09. The Bertz CT molecular complexity index is 1130. The number of phenols is 2. The van der Waals surface area contributed by atoms with Crippen LogP contribution in [0.3, 0.4) is 0 Å². The summed E-state index contributed by atoms with van der Waals surface area (Å²) >= 11 is 0.